The molecular formula is C23H26N4O6S. The first-order valence-corrected chi connectivity index (χ1v) is 12.7. The van der Waals surface area contributed by atoms with Crippen LogP contribution in [0, 0.1) is 0 Å². The summed E-state index contributed by atoms with van der Waals surface area (Å²) in [6.45, 7) is 1.77. The third-order valence-electron chi connectivity index (χ3n) is 6.88. The highest BCUT2D eigenvalue weighted by atomic mass is 32.2. The first-order chi connectivity index (χ1) is 16.2. The monoisotopic (exact) mass is 486 g/mol. The van der Waals surface area contributed by atoms with Gasteiger partial charge in [-0.2, -0.15) is 4.31 Å². The molecule has 4 amide bonds. The van der Waals surface area contributed by atoms with Crippen molar-refractivity contribution in [2.45, 2.75) is 36.6 Å². The minimum absolute atomic E-state index is 0.148. The topological polar surface area (TPSA) is 120 Å². The second-order valence-corrected chi connectivity index (χ2v) is 10.9. The number of carbonyl (C=O) groups excluding carboxylic acids is 3. The third kappa shape index (κ3) is 3.68. The van der Waals surface area contributed by atoms with Crippen molar-refractivity contribution in [3.05, 3.63) is 53.5 Å². The summed E-state index contributed by atoms with van der Waals surface area (Å²) in [5.74, 6) is -0.702. The smallest absolute Gasteiger partial charge is 0.325 e. The van der Waals surface area contributed by atoms with Crippen molar-refractivity contribution in [2.24, 2.45) is 0 Å². The number of nitrogens with one attached hydrogen (secondary N) is 1. The van der Waals surface area contributed by atoms with E-state index in [-0.39, 0.29) is 36.8 Å². The molecule has 0 spiro atoms. The highest BCUT2D eigenvalue weighted by molar-refractivity contribution is 7.89. The van der Waals surface area contributed by atoms with Crippen molar-refractivity contribution in [3.8, 4) is 0 Å². The molecule has 2 fully saturated rings. The van der Waals surface area contributed by atoms with Gasteiger partial charge in [0, 0.05) is 26.2 Å². The Morgan fingerprint density at radius 3 is 2.53 bits per heavy atom. The molecule has 10 nitrogen and oxygen atoms in total. The van der Waals surface area contributed by atoms with Crippen LogP contribution in [0.3, 0.4) is 0 Å². The molecule has 180 valence electrons. The van der Waals surface area contributed by atoms with Gasteiger partial charge in [0.2, 0.25) is 15.9 Å². The van der Waals surface area contributed by atoms with Crippen LogP contribution in [0.1, 0.15) is 30.2 Å². The van der Waals surface area contributed by atoms with Crippen LogP contribution in [0.5, 0.6) is 0 Å². The molecule has 11 heteroatoms. The van der Waals surface area contributed by atoms with Crippen LogP contribution in [0.25, 0.3) is 0 Å². The van der Waals surface area contributed by atoms with Crippen molar-refractivity contribution in [3.63, 3.8) is 0 Å². The first kappa shape index (κ1) is 22.6. The number of aryl methyl sites for hydroxylation is 2. The number of imide groups is 1. The Balaban J connectivity index is 1.22. The molecule has 3 aliphatic rings. The number of carbonyl (C=O) groups is 3. The molecule has 0 unspecified atom stereocenters. The molecule has 5 rings (SSSR count). The Bertz CT molecular complexity index is 1250. The SMILES string of the molecule is C[C@@]1(c2ccco2)NC(=O)N(CC(=O)N2CCN(S(=O)(=O)c3ccc4c(c3)CCC4)CC2)C1=O. The molecule has 3 heterocycles. The molecule has 2 saturated heterocycles. The lowest BCUT2D eigenvalue weighted by atomic mass is 9.99. The molecular weight excluding hydrogens is 460 g/mol. The van der Waals surface area contributed by atoms with Gasteiger partial charge in [-0.15, -0.1) is 0 Å². The third-order valence-corrected chi connectivity index (χ3v) is 8.78. The number of hydrogen-bond donors (Lipinski definition) is 1. The molecule has 0 radical (unpaired) electrons. The zero-order valence-electron chi connectivity index (χ0n) is 18.8. The Morgan fingerprint density at radius 2 is 1.82 bits per heavy atom. The van der Waals surface area contributed by atoms with Gasteiger partial charge in [-0.25, -0.2) is 13.2 Å². The average Bonchev–Trinajstić information content (AvgIpc) is 3.57. The fraction of sp³-hybridized carbons (Fsp3) is 0.435. The molecule has 2 aromatic rings. The molecule has 1 N–H and O–H groups in total. The highest BCUT2D eigenvalue weighted by Gasteiger charge is 2.51. The van der Waals surface area contributed by atoms with Crippen molar-refractivity contribution in [1.82, 2.24) is 19.4 Å². The van der Waals surface area contributed by atoms with Crippen LogP contribution >= 0.6 is 0 Å². The van der Waals surface area contributed by atoms with Crippen molar-refractivity contribution in [1.29, 1.82) is 0 Å². The van der Waals surface area contributed by atoms with Gasteiger partial charge < -0.3 is 14.6 Å². The van der Waals surface area contributed by atoms with E-state index in [2.05, 4.69) is 5.32 Å². The number of rotatable bonds is 5. The Labute approximate surface area is 197 Å². The number of sulfonamides is 1. The summed E-state index contributed by atoms with van der Waals surface area (Å²) in [5.41, 5.74) is 0.923. The second kappa shape index (κ2) is 8.24. The lowest BCUT2D eigenvalue weighted by molar-refractivity contribution is -0.139. The molecule has 1 aliphatic carbocycles. The van der Waals surface area contributed by atoms with Gasteiger partial charge in [0.05, 0.1) is 11.2 Å². The van der Waals surface area contributed by atoms with E-state index < -0.39 is 40.0 Å². The van der Waals surface area contributed by atoms with Gasteiger partial charge in [0.15, 0.2) is 5.54 Å². The van der Waals surface area contributed by atoms with Crippen LogP contribution in [-0.2, 0) is 38.0 Å². The zero-order chi connectivity index (χ0) is 24.1. The molecule has 2 aliphatic heterocycles. The maximum Gasteiger partial charge on any atom is 0.325 e. The number of amides is 4. The summed E-state index contributed by atoms with van der Waals surface area (Å²) in [4.78, 5) is 40.8. The van der Waals surface area contributed by atoms with Crippen molar-refractivity contribution < 1.29 is 27.2 Å². The summed E-state index contributed by atoms with van der Waals surface area (Å²) in [6.07, 6.45) is 4.32. The Hall–Kier alpha value is -3.18. The molecule has 1 aromatic carbocycles. The molecule has 34 heavy (non-hydrogen) atoms. The summed E-state index contributed by atoms with van der Waals surface area (Å²) in [5, 5.41) is 2.59. The number of hydrogen-bond acceptors (Lipinski definition) is 6. The highest BCUT2D eigenvalue weighted by Crippen LogP contribution is 2.29. The summed E-state index contributed by atoms with van der Waals surface area (Å²) in [7, 11) is -3.66. The number of urea groups is 1. The lowest BCUT2D eigenvalue weighted by Crippen LogP contribution is -2.53. The fourth-order valence-corrected chi connectivity index (χ4v) is 6.31. The summed E-state index contributed by atoms with van der Waals surface area (Å²) < 4.78 is 32.9. The lowest BCUT2D eigenvalue weighted by Gasteiger charge is -2.34. The van der Waals surface area contributed by atoms with Gasteiger partial charge in [-0.05, 0) is 61.6 Å². The molecule has 0 saturated carbocycles. The first-order valence-electron chi connectivity index (χ1n) is 11.3. The second-order valence-electron chi connectivity index (χ2n) is 8.99. The Kier molecular flexibility index (Phi) is 5.48. The number of furan rings is 1. The predicted octanol–water partition coefficient (Wildman–Crippen LogP) is 1.07. The standard InChI is InChI=1S/C23H26N4O6S/c1-23(19-6-3-13-33-19)21(29)27(22(30)24-23)15-20(28)25-9-11-26(12-10-25)34(31,32)18-8-7-16-4-2-5-17(16)14-18/h3,6-8,13-14H,2,4-5,9-12,15H2,1H3,(H,24,30)/t23-/m0/s1. The number of nitrogens with zero attached hydrogens (tertiary/aromatic N) is 3. The van der Waals surface area contributed by atoms with Crippen LogP contribution in [0.15, 0.2) is 45.9 Å². The number of fused-ring (bicyclic) bond motifs is 1. The van der Waals surface area contributed by atoms with Crippen molar-refractivity contribution in [2.75, 3.05) is 32.7 Å². The quantitative estimate of drug-likeness (QED) is 0.632. The molecule has 0 bridgehead atoms. The average molecular weight is 487 g/mol. The van der Waals surface area contributed by atoms with E-state index in [4.69, 9.17) is 4.42 Å². The minimum Gasteiger partial charge on any atom is -0.466 e. The van der Waals surface area contributed by atoms with Gasteiger partial charge >= 0.3 is 6.03 Å². The van der Waals surface area contributed by atoms with Crippen LogP contribution < -0.4 is 5.32 Å². The van der Waals surface area contributed by atoms with E-state index in [1.54, 1.807) is 24.3 Å². The van der Waals surface area contributed by atoms with Gasteiger partial charge in [0.1, 0.15) is 12.3 Å². The van der Waals surface area contributed by atoms with Crippen molar-refractivity contribution >= 4 is 27.9 Å². The van der Waals surface area contributed by atoms with Crippen LogP contribution in [0.2, 0.25) is 0 Å². The number of benzene rings is 1. The summed E-state index contributed by atoms with van der Waals surface area (Å²) in [6, 6.07) is 7.85. The van der Waals surface area contributed by atoms with Crippen LogP contribution in [-0.4, -0.2) is 73.1 Å². The van der Waals surface area contributed by atoms with Gasteiger partial charge in [0.25, 0.3) is 5.91 Å². The predicted molar refractivity (Wildman–Crippen MR) is 120 cm³/mol. The van der Waals surface area contributed by atoms with Gasteiger partial charge in [-0.1, -0.05) is 6.07 Å². The largest absolute Gasteiger partial charge is 0.466 e. The van der Waals surface area contributed by atoms with E-state index >= 15 is 0 Å². The minimum atomic E-state index is -3.66. The maximum absolute atomic E-state index is 13.1. The molecule has 1 atom stereocenters. The maximum atomic E-state index is 13.1. The normalized spacial score (nSPS) is 23.3. The van der Waals surface area contributed by atoms with E-state index in [9.17, 15) is 22.8 Å². The van der Waals surface area contributed by atoms with Gasteiger partial charge in [-0.3, -0.25) is 14.5 Å². The fourth-order valence-electron chi connectivity index (χ4n) is 4.84. The van der Waals surface area contributed by atoms with E-state index in [0.717, 1.165) is 29.7 Å². The molecule has 1 aromatic heterocycles. The van der Waals surface area contributed by atoms with Crippen LogP contribution in [0.4, 0.5) is 4.79 Å². The zero-order valence-corrected chi connectivity index (χ0v) is 19.6. The number of piperazine rings is 1. The summed E-state index contributed by atoms with van der Waals surface area (Å²) >= 11 is 0. The van der Waals surface area contributed by atoms with E-state index in [1.807, 2.05) is 6.07 Å². The van der Waals surface area contributed by atoms with E-state index in [0.29, 0.717) is 0 Å². The Morgan fingerprint density at radius 1 is 1.09 bits per heavy atom. The van der Waals surface area contributed by atoms with E-state index in [1.165, 1.54) is 28.0 Å².